The third kappa shape index (κ3) is 5.78. The molecule has 4 nitrogen and oxygen atoms in total. The Morgan fingerprint density at radius 3 is 2.52 bits per heavy atom. The number of fused-ring (bicyclic) bond motifs is 1. The minimum absolute atomic E-state index is 0.102. The number of rotatable bonds is 8. The molecular formula is C29H38N2O2. The van der Waals surface area contributed by atoms with Crippen molar-refractivity contribution in [3.05, 3.63) is 64.7 Å². The highest BCUT2D eigenvalue weighted by atomic mass is 16.5. The summed E-state index contributed by atoms with van der Waals surface area (Å²) in [4.78, 5) is 15.1. The van der Waals surface area contributed by atoms with E-state index >= 15 is 0 Å². The number of hydrogen-bond donors (Lipinski definition) is 1. The summed E-state index contributed by atoms with van der Waals surface area (Å²) < 4.78 is 5.81. The van der Waals surface area contributed by atoms with Crippen LogP contribution in [-0.2, 0) is 19.4 Å². The number of nitrogens with zero attached hydrogens (tertiary/aromatic N) is 1. The van der Waals surface area contributed by atoms with Crippen molar-refractivity contribution in [1.82, 2.24) is 10.2 Å². The molecule has 2 fully saturated rings. The maximum atomic E-state index is 13.1. The number of ether oxygens (including phenoxy) is 1. The number of nitrogens with one attached hydrogen (secondary N) is 1. The molecule has 0 radical (unpaired) electrons. The zero-order chi connectivity index (χ0) is 22.6. The fourth-order valence-electron chi connectivity index (χ4n) is 5.36. The molecule has 3 aliphatic carbocycles. The first-order valence-electron chi connectivity index (χ1n) is 13.0. The Morgan fingerprint density at radius 2 is 1.76 bits per heavy atom. The van der Waals surface area contributed by atoms with Gasteiger partial charge in [0.25, 0.3) is 5.91 Å². The highest BCUT2D eigenvalue weighted by molar-refractivity contribution is 5.94. The zero-order valence-electron chi connectivity index (χ0n) is 20.0. The fourth-order valence-corrected chi connectivity index (χ4v) is 5.36. The van der Waals surface area contributed by atoms with Gasteiger partial charge in [-0.2, -0.15) is 0 Å². The fraction of sp³-hybridized carbons (Fsp3) is 0.552. The molecule has 1 N–H and O–H groups in total. The van der Waals surface area contributed by atoms with E-state index < -0.39 is 0 Å². The lowest BCUT2D eigenvalue weighted by molar-refractivity contribution is 0.0719. The number of hydrogen-bond acceptors (Lipinski definition) is 3. The number of carbonyl (C=O) groups excluding carboxylic acids is 1. The smallest absolute Gasteiger partial charge is 0.253 e. The van der Waals surface area contributed by atoms with Crippen LogP contribution in [-0.4, -0.2) is 36.5 Å². The van der Waals surface area contributed by atoms with Crippen molar-refractivity contribution >= 4 is 5.91 Å². The van der Waals surface area contributed by atoms with E-state index in [1.807, 2.05) is 36.2 Å². The molecule has 33 heavy (non-hydrogen) atoms. The van der Waals surface area contributed by atoms with E-state index in [2.05, 4.69) is 23.5 Å². The van der Waals surface area contributed by atoms with E-state index in [1.54, 1.807) is 0 Å². The van der Waals surface area contributed by atoms with E-state index in [4.69, 9.17) is 4.74 Å². The Morgan fingerprint density at radius 1 is 0.970 bits per heavy atom. The predicted molar refractivity (Wildman–Crippen MR) is 133 cm³/mol. The summed E-state index contributed by atoms with van der Waals surface area (Å²) in [6, 6.07) is 15.6. The number of aryl methyl sites for hydroxylation is 1. The highest BCUT2D eigenvalue weighted by Crippen LogP contribution is 2.30. The normalized spacial score (nSPS) is 20.8. The van der Waals surface area contributed by atoms with Crippen LogP contribution >= 0.6 is 0 Å². The van der Waals surface area contributed by atoms with Crippen LogP contribution in [0.25, 0.3) is 0 Å². The molecule has 0 saturated heterocycles. The van der Waals surface area contributed by atoms with Crippen LogP contribution in [0.3, 0.4) is 0 Å². The maximum absolute atomic E-state index is 13.1. The average Bonchev–Trinajstić information content (AvgIpc) is 3.70. The molecule has 0 spiro atoms. The average molecular weight is 447 g/mol. The summed E-state index contributed by atoms with van der Waals surface area (Å²) in [6.45, 7) is 1.77. The zero-order valence-corrected chi connectivity index (χ0v) is 20.0. The van der Waals surface area contributed by atoms with E-state index in [0.717, 1.165) is 49.6 Å². The lowest BCUT2D eigenvalue weighted by Gasteiger charge is -2.33. The van der Waals surface area contributed by atoms with E-state index in [1.165, 1.54) is 61.6 Å². The van der Waals surface area contributed by atoms with Crippen molar-refractivity contribution < 1.29 is 9.53 Å². The Labute approximate surface area is 198 Å². The number of likely N-dealkylation sites (N-methyl/N-ethyl adjacent to an activating group) is 1. The van der Waals surface area contributed by atoms with Gasteiger partial charge in [-0.3, -0.25) is 4.79 Å². The molecule has 2 saturated carbocycles. The first-order chi connectivity index (χ1) is 16.2. The molecule has 176 valence electrons. The first-order valence-corrected chi connectivity index (χ1v) is 13.0. The van der Waals surface area contributed by atoms with Crippen molar-refractivity contribution in [2.45, 2.75) is 82.8 Å². The first kappa shape index (κ1) is 22.5. The molecule has 0 bridgehead atoms. The Bertz CT molecular complexity index is 945. The molecule has 0 aromatic heterocycles. The van der Waals surface area contributed by atoms with Gasteiger partial charge in [0.15, 0.2) is 0 Å². The molecular weight excluding hydrogens is 408 g/mol. The van der Waals surface area contributed by atoms with Gasteiger partial charge in [0.1, 0.15) is 5.75 Å². The molecule has 2 aromatic rings. The van der Waals surface area contributed by atoms with Gasteiger partial charge in [0.05, 0.1) is 6.61 Å². The third-order valence-electron chi connectivity index (χ3n) is 7.83. The molecule has 3 aliphatic rings. The second-order valence-electron chi connectivity index (χ2n) is 10.4. The second kappa shape index (κ2) is 10.3. The van der Waals surface area contributed by atoms with Gasteiger partial charge in [0, 0.05) is 31.2 Å². The Balaban J connectivity index is 1.15. The van der Waals surface area contributed by atoms with E-state index in [0.29, 0.717) is 6.04 Å². The topological polar surface area (TPSA) is 41.6 Å². The summed E-state index contributed by atoms with van der Waals surface area (Å²) in [5.74, 6) is 1.70. The van der Waals surface area contributed by atoms with Gasteiger partial charge in [0.2, 0.25) is 0 Å². The number of benzene rings is 2. The predicted octanol–water partition coefficient (Wildman–Crippen LogP) is 5.53. The van der Waals surface area contributed by atoms with Crippen molar-refractivity contribution in [2.24, 2.45) is 5.92 Å². The van der Waals surface area contributed by atoms with Crippen LogP contribution in [0.2, 0.25) is 0 Å². The summed E-state index contributed by atoms with van der Waals surface area (Å²) in [5, 5.41) is 3.76. The lowest BCUT2D eigenvalue weighted by atomic mass is 9.86. The van der Waals surface area contributed by atoms with Crippen molar-refractivity contribution in [3.8, 4) is 5.75 Å². The SMILES string of the molecule is CN(C(=O)c1ccc(OCC2CC2)cc1)[C@H]1CCc2cc(CNC3CCCCC3)ccc2C1. The monoisotopic (exact) mass is 446 g/mol. The molecule has 0 unspecified atom stereocenters. The largest absolute Gasteiger partial charge is 0.493 e. The minimum Gasteiger partial charge on any atom is -0.493 e. The van der Waals surface area contributed by atoms with Crippen LogP contribution in [0.4, 0.5) is 0 Å². The van der Waals surface area contributed by atoms with Gasteiger partial charge in [-0.15, -0.1) is 0 Å². The lowest BCUT2D eigenvalue weighted by Crippen LogP contribution is -2.40. The van der Waals surface area contributed by atoms with Gasteiger partial charge < -0.3 is 15.0 Å². The molecule has 5 rings (SSSR count). The molecule has 1 atom stereocenters. The van der Waals surface area contributed by atoms with Crippen LogP contribution in [0.15, 0.2) is 42.5 Å². The summed E-state index contributed by atoms with van der Waals surface area (Å²) >= 11 is 0. The second-order valence-corrected chi connectivity index (χ2v) is 10.4. The standard InChI is InChI=1S/C29H38N2O2/c1-31(29(32)23-12-15-28(16-13-23)33-20-21-7-8-21)27-14-11-24-17-22(9-10-25(24)18-27)19-30-26-5-3-2-4-6-26/h9-10,12-13,15-17,21,26-27,30H,2-8,11,14,18-20H2,1H3/t27-/m0/s1. The molecule has 0 aliphatic heterocycles. The van der Waals surface area contributed by atoms with Gasteiger partial charge >= 0.3 is 0 Å². The van der Waals surface area contributed by atoms with E-state index in [9.17, 15) is 4.79 Å². The van der Waals surface area contributed by atoms with Crippen LogP contribution in [0, 0.1) is 5.92 Å². The van der Waals surface area contributed by atoms with Crippen LogP contribution in [0.5, 0.6) is 5.75 Å². The molecule has 0 heterocycles. The van der Waals surface area contributed by atoms with Crippen molar-refractivity contribution in [2.75, 3.05) is 13.7 Å². The molecule has 4 heteroatoms. The molecule has 1 amide bonds. The van der Waals surface area contributed by atoms with Crippen molar-refractivity contribution in [1.29, 1.82) is 0 Å². The van der Waals surface area contributed by atoms with Gasteiger partial charge in [-0.25, -0.2) is 0 Å². The maximum Gasteiger partial charge on any atom is 0.253 e. The Hall–Kier alpha value is -2.33. The summed E-state index contributed by atoms with van der Waals surface area (Å²) in [5.41, 5.74) is 5.00. The van der Waals surface area contributed by atoms with Gasteiger partial charge in [-0.1, -0.05) is 37.5 Å². The molecule has 2 aromatic carbocycles. The highest BCUT2D eigenvalue weighted by Gasteiger charge is 2.26. The Kier molecular flexibility index (Phi) is 7.01. The summed E-state index contributed by atoms with van der Waals surface area (Å²) in [6.07, 6.45) is 12.4. The van der Waals surface area contributed by atoms with Crippen molar-refractivity contribution in [3.63, 3.8) is 0 Å². The third-order valence-corrected chi connectivity index (χ3v) is 7.83. The minimum atomic E-state index is 0.102. The quantitative estimate of drug-likeness (QED) is 0.580. The van der Waals surface area contributed by atoms with E-state index in [-0.39, 0.29) is 11.9 Å². The number of amides is 1. The number of carbonyl (C=O) groups is 1. The van der Waals surface area contributed by atoms with Gasteiger partial charge in [-0.05, 0) is 91.8 Å². The summed E-state index contributed by atoms with van der Waals surface area (Å²) in [7, 11) is 1.96. The van der Waals surface area contributed by atoms with Crippen LogP contribution < -0.4 is 10.1 Å². The van der Waals surface area contributed by atoms with Crippen LogP contribution in [0.1, 0.15) is 78.4 Å².